The molecule has 32 heavy (non-hydrogen) atoms. The van der Waals surface area contributed by atoms with E-state index in [4.69, 9.17) is 4.74 Å². The molecule has 2 N–H and O–H groups in total. The third-order valence-electron chi connectivity index (χ3n) is 5.34. The lowest BCUT2D eigenvalue weighted by molar-refractivity contribution is -0.135. The van der Waals surface area contributed by atoms with Gasteiger partial charge in [-0.15, -0.1) is 11.3 Å². The van der Waals surface area contributed by atoms with E-state index < -0.39 is 17.7 Å². The van der Waals surface area contributed by atoms with Gasteiger partial charge in [0.15, 0.2) is 0 Å². The number of halogens is 2. The number of nitrogens with one attached hydrogen (secondary N) is 2. The molecule has 1 aliphatic carbocycles. The van der Waals surface area contributed by atoms with Crippen molar-refractivity contribution in [3.05, 3.63) is 65.3 Å². The number of hydrogen-bond acceptors (Lipinski definition) is 5. The summed E-state index contributed by atoms with van der Waals surface area (Å²) in [5, 5.41) is 6.12. The molecule has 4 rings (SSSR count). The molecule has 0 radical (unpaired) electrons. The summed E-state index contributed by atoms with van der Waals surface area (Å²) in [6, 6.07) is 9.47. The quantitative estimate of drug-likeness (QED) is 0.450. The summed E-state index contributed by atoms with van der Waals surface area (Å²) in [5.41, 5.74) is 1.55. The van der Waals surface area contributed by atoms with Crippen molar-refractivity contribution in [1.82, 2.24) is 4.98 Å². The van der Waals surface area contributed by atoms with Gasteiger partial charge in [0.05, 0.1) is 9.88 Å². The summed E-state index contributed by atoms with van der Waals surface area (Å²) in [4.78, 5) is 28.2. The van der Waals surface area contributed by atoms with E-state index in [1.54, 1.807) is 23.5 Å². The van der Waals surface area contributed by atoms with E-state index in [1.807, 2.05) is 18.3 Å². The van der Waals surface area contributed by atoms with Crippen molar-refractivity contribution in [3.8, 4) is 10.4 Å². The molecule has 166 valence electrons. The summed E-state index contributed by atoms with van der Waals surface area (Å²) in [5.74, 6) is -1.16. The zero-order valence-electron chi connectivity index (χ0n) is 17.0. The number of urea groups is 1. The lowest BCUT2D eigenvalue weighted by Crippen LogP contribution is -2.20. The highest BCUT2D eigenvalue weighted by molar-refractivity contribution is 7.15. The highest BCUT2D eigenvalue weighted by atomic mass is 32.1. The Morgan fingerprint density at radius 1 is 1.00 bits per heavy atom. The van der Waals surface area contributed by atoms with Gasteiger partial charge in [0.25, 0.3) is 6.47 Å². The van der Waals surface area contributed by atoms with Crippen LogP contribution in [0.5, 0.6) is 0 Å². The van der Waals surface area contributed by atoms with Crippen LogP contribution in [0.3, 0.4) is 0 Å². The molecule has 9 heteroatoms. The standard InChI is InChI=1S/C23H21F2N3O3S/c24-16-9-17(25)11-19(10-16)28-23(30)27-18-5-1-14(2-6-18)21-12-26-22(32-21)15-3-7-20(8-4-15)31-13-29/h1-2,5-6,9-13,15,20H,3-4,7-8H2,(H2,27,28,30). The van der Waals surface area contributed by atoms with Crippen molar-refractivity contribution >= 4 is 35.2 Å². The number of ether oxygens (including phenoxy) is 1. The van der Waals surface area contributed by atoms with Gasteiger partial charge in [-0.2, -0.15) is 0 Å². The number of thiazole rings is 1. The van der Waals surface area contributed by atoms with Crippen LogP contribution >= 0.6 is 11.3 Å². The van der Waals surface area contributed by atoms with Crippen LogP contribution in [0.2, 0.25) is 0 Å². The van der Waals surface area contributed by atoms with E-state index in [2.05, 4.69) is 15.6 Å². The largest absolute Gasteiger partial charge is 0.465 e. The first-order valence-electron chi connectivity index (χ1n) is 10.2. The van der Waals surface area contributed by atoms with Gasteiger partial charge in [0, 0.05) is 29.6 Å². The van der Waals surface area contributed by atoms with Gasteiger partial charge < -0.3 is 15.4 Å². The van der Waals surface area contributed by atoms with Crippen molar-refractivity contribution in [3.63, 3.8) is 0 Å². The maximum atomic E-state index is 13.2. The van der Waals surface area contributed by atoms with Crippen LogP contribution in [0.25, 0.3) is 10.4 Å². The molecule has 1 heterocycles. The molecule has 1 aliphatic rings. The Labute approximate surface area is 187 Å². The first-order valence-corrected chi connectivity index (χ1v) is 11.0. The predicted octanol–water partition coefficient (Wildman–Crippen LogP) is 5.93. The average Bonchev–Trinajstić information content (AvgIpc) is 3.24. The number of aromatic nitrogens is 1. The fourth-order valence-electron chi connectivity index (χ4n) is 3.77. The van der Waals surface area contributed by atoms with Crippen LogP contribution in [0, 0.1) is 11.6 Å². The third-order valence-corrected chi connectivity index (χ3v) is 6.55. The number of carbonyl (C=O) groups is 2. The second-order valence-corrected chi connectivity index (χ2v) is 8.65. The fourth-order valence-corrected chi connectivity index (χ4v) is 4.86. The zero-order chi connectivity index (χ0) is 22.5. The highest BCUT2D eigenvalue weighted by Gasteiger charge is 2.25. The molecule has 0 aliphatic heterocycles. The number of nitrogens with zero attached hydrogens (tertiary/aromatic N) is 1. The lowest BCUT2D eigenvalue weighted by Gasteiger charge is -2.25. The molecule has 1 fully saturated rings. The summed E-state index contributed by atoms with van der Waals surface area (Å²) >= 11 is 1.64. The van der Waals surface area contributed by atoms with Gasteiger partial charge in [-0.3, -0.25) is 4.79 Å². The lowest BCUT2D eigenvalue weighted by atomic mass is 9.88. The monoisotopic (exact) mass is 457 g/mol. The minimum absolute atomic E-state index is 0.0142. The Balaban J connectivity index is 1.35. The van der Waals surface area contributed by atoms with Crippen molar-refractivity contribution in [2.24, 2.45) is 0 Å². The van der Waals surface area contributed by atoms with Crippen LogP contribution in [0.1, 0.15) is 36.6 Å². The van der Waals surface area contributed by atoms with Crippen LogP contribution < -0.4 is 10.6 Å². The van der Waals surface area contributed by atoms with Gasteiger partial charge in [0.1, 0.15) is 17.7 Å². The number of benzene rings is 2. The van der Waals surface area contributed by atoms with E-state index in [-0.39, 0.29) is 11.8 Å². The van der Waals surface area contributed by atoms with E-state index in [0.29, 0.717) is 18.1 Å². The smallest absolute Gasteiger partial charge is 0.323 e. The zero-order valence-corrected chi connectivity index (χ0v) is 17.8. The predicted molar refractivity (Wildman–Crippen MR) is 119 cm³/mol. The Morgan fingerprint density at radius 2 is 1.66 bits per heavy atom. The number of carbonyl (C=O) groups excluding carboxylic acids is 2. The molecule has 2 amide bonds. The highest BCUT2D eigenvalue weighted by Crippen LogP contribution is 2.38. The summed E-state index contributed by atoms with van der Waals surface area (Å²) < 4.78 is 31.6. The summed E-state index contributed by atoms with van der Waals surface area (Å²) in [6.45, 7) is 0.524. The molecule has 0 bridgehead atoms. The van der Waals surface area contributed by atoms with Gasteiger partial charge in [-0.25, -0.2) is 18.6 Å². The number of amides is 2. The van der Waals surface area contributed by atoms with Gasteiger partial charge in [-0.1, -0.05) is 12.1 Å². The molecule has 0 saturated heterocycles. The molecule has 1 saturated carbocycles. The van der Waals surface area contributed by atoms with Crippen molar-refractivity contribution < 1.29 is 23.1 Å². The molecular weight excluding hydrogens is 436 g/mol. The maximum Gasteiger partial charge on any atom is 0.323 e. The van der Waals surface area contributed by atoms with Gasteiger partial charge in [0.2, 0.25) is 0 Å². The molecule has 0 unspecified atom stereocenters. The Kier molecular flexibility index (Phi) is 6.75. The van der Waals surface area contributed by atoms with Crippen molar-refractivity contribution in [2.45, 2.75) is 37.7 Å². The first-order chi connectivity index (χ1) is 15.5. The van der Waals surface area contributed by atoms with Crippen molar-refractivity contribution in [2.75, 3.05) is 10.6 Å². The number of anilines is 2. The van der Waals surface area contributed by atoms with E-state index in [9.17, 15) is 18.4 Å². The molecule has 3 aromatic rings. The van der Waals surface area contributed by atoms with E-state index in [1.165, 1.54) is 0 Å². The van der Waals surface area contributed by atoms with E-state index >= 15 is 0 Å². The maximum absolute atomic E-state index is 13.2. The van der Waals surface area contributed by atoms with Crippen LogP contribution in [-0.4, -0.2) is 23.6 Å². The molecule has 1 aromatic heterocycles. The Morgan fingerprint density at radius 3 is 2.31 bits per heavy atom. The normalized spacial score (nSPS) is 18.1. The second-order valence-electron chi connectivity index (χ2n) is 7.58. The molecule has 0 atom stereocenters. The average molecular weight is 458 g/mol. The molecule has 6 nitrogen and oxygen atoms in total. The molecule has 2 aromatic carbocycles. The van der Waals surface area contributed by atoms with Crippen LogP contribution in [0.15, 0.2) is 48.7 Å². The summed E-state index contributed by atoms with van der Waals surface area (Å²) in [7, 11) is 0. The molecule has 0 spiro atoms. The van der Waals surface area contributed by atoms with Gasteiger partial charge in [-0.05, 0) is 55.5 Å². The SMILES string of the molecule is O=COC1CCC(c2ncc(-c3ccc(NC(=O)Nc4cc(F)cc(F)c4)cc3)s2)CC1. The Bertz CT molecular complexity index is 1080. The summed E-state index contributed by atoms with van der Waals surface area (Å²) in [6.07, 6.45) is 5.45. The van der Waals surface area contributed by atoms with Gasteiger partial charge >= 0.3 is 6.03 Å². The third kappa shape index (κ3) is 5.47. The fraction of sp³-hybridized carbons (Fsp3) is 0.261. The number of hydrogen-bond donors (Lipinski definition) is 2. The second kappa shape index (κ2) is 9.86. The number of rotatable bonds is 6. The Hall–Kier alpha value is -3.33. The van der Waals surface area contributed by atoms with Crippen LogP contribution in [-0.2, 0) is 9.53 Å². The molecular formula is C23H21F2N3O3S. The van der Waals surface area contributed by atoms with E-state index in [0.717, 1.165) is 59.3 Å². The van der Waals surface area contributed by atoms with Crippen LogP contribution in [0.4, 0.5) is 25.0 Å². The van der Waals surface area contributed by atoms with Crippen molar-refractivity contribution in [1.29, 1.82) is 0 Å². The minimum atomic E-state index is -0.768. The minimum Gasteiger partial charge on any atom is -0.465 e. The topological polar surface area (TPSA) is 80.3 Å². The first kappa shape index (κ1) is 21.9.